The average molecular weight is 566 g/mol. The highest BCUT2D eigenvalue weighted by atomic mass is 16.7. The largest absolute Gasteiger partial charge is 0.508 e. The van der Waals surface area contributed by atoms with Crippen LogP contribution in [0.1, 0.15) is 80.2 Å². The summed E-state index contributed by atoms with van der Waals surface area (Å²) < 4.78 is 26.5. The zero-order valence-electron chi connectivity index (χ0n) is 25.4. The van der Waals surface area contributed by atoms with E-state index in [1.54, 1.807) is 26.8 Å². The van der Waals surface area contributed by atoms with Crippen molar-refractivity contribution in [2.24, 2.45) is 29.4 Å². The van der Waals surface area contributed by atoms with Crippen molar-refractivity contribution in [1.82, 2.24) is 0 Å². The van der Waals surface area contributed by atoms with Crippen molar-refractivity contribution in [3.05, 3.63) is 23.8 Å². The Morgan fingerprint density at radius 1 is 0.875 bits per heavy atom. The zero-order chi connectivity index (χ0) is 30.6. The van der Waals surface area contributed by atoms with Crippen LogP contribution >= 0.6 is 0 Å². The number of methoxy groups -OCH3 is 1. The summed E-state index contributed by atoms with van der Waals surface area (Å²) in [4.78, 5) is 50.1. The minimum Gasteiger partial charge on any atom is -0.468 e. The van der Waals surface area contributed by atoms with Gasteiger partial charge in [0.25, 0.3) is 0 Å². The Hall–Kier alpha value is -3.14. The van der Waals surface area contributed by atoms with E-state index in [0.29, 0.717) is 12.0 Å². The van der Waals surface area contributed by atoms with Crippen LogP contribution in [0.4, 0.5) is 4.79 Å². The molecular weight excluding hydrogens is 518 g/mol. The second-order valence-electron chi connectivity index (χ2n) is 11.1. The van der Waals surface area contributed by atoms with E-state index in [-0.39, 0.29) is 54.8 Å². The fourth-order valence-electron chi connectivity index (χ4n) is 3.58. The molecule has 0 fully saturated rings. The lowest BCUT2D eigenvalue weighted by atomic mass is 9.88. The molecule has 2 N–H and O–H groups in total. The summed E-state index contributed by atoms with van der Waals surface area (Å²) >= 11 is 0. The maximum Gasteiger partial charge on any atom is 0.508 e. The molecule has 0 aliphatic carbocycles. The third-order valence-electron chi connectivity index (χ3n) is 7.04. The fourth-order valence-corrected chi connectivity index (χ4v) is 3.58. The maximum absolute atomic E-state index is 12.8. The molecule has 1 aromatic carbocycles. The standard InChI is InChI=1S/C30H47NO9/c1-10-11-20(6)38-29(35)37-15-14-30(31,28(34)36-9)17-23-12-13-24(39-26(32)21(7)18(2)3)25(16-23)40-27(33)22(8)19(4)5/h12-13,16,18-22H,10-11,14-15,17,31H2,1-9H3/t20-,21?,22?,30+/m0/s1. The second-order valence-corrected chi connectivity index (χ2v) is 11.1. The van der Waals surface area contributed by atoms with Gasteiger partial charge in [0.2, 0.25) is 0 Å². The van der Waals surface area contributed by atoms with Crippen molar-refractivity contribution >= 4 is 24.1 Å². The van der Waals surface area contributed by atoms with Gasteiger partial charge in [-0.1, -0.05) is 61.0 Å². The highest BCUT2D eigenvalue weighted by molar-refractivity contribution is 5.81. The quantitative estimate of drug-likeness (QED) is 0.222. The van der Waals surface area contributed by atoms with Crippen molar-refractivity contribution in [3.63, 3.8) is 0 Å². The molecule has 0 spiro atoms. The van der Waals surface area contributed by atoms with E-state index >= 15 is 0 Å². The molecule has 0 bridgehead atoms. The van der Waals surface area contributed by atoms with Crippen LogP contribution in [0, 0.1) is 23.7 Å². The van der Waals surface area contributed by atoms with Crippen LogP contribution in [0.5, 0.6) is 11.5 Å². The molecular formula is C30H47NO9. The predicted octanol–water partition coefficient (Wildman–Crippen LogP) is 5.23. The number of hydrogen-bond donors (Lipinski definition) is 1. The SMILES string of the molecule is CCC[C@H](C)OC(=O)OCC[C@@](N)(Cc1ccc(OC(=O)C(C)C(C)C)c(OC(=O)C(C)C(C)C)c1)C(=O)OC. The lowest BCUT2D eigenvalue weighted by Gasteiger charge is -2.27. The number of ether oxygens (including phenoxy) is 5. The zero-order valence-corrected chi connectivity index (χ0v) is 25.4. The van der Waals surface area contributed by atoms with Gasteiger partial charge in [0, 0.05) is 12.8 Å². The van der Waals surface area contributed by atoms with E-state index in [1.807, 2.05) is 34.6 Å². The van der Waals surface area contributed by atoms with E-state index in [4.69, 9.17) is 29.4 Å². The molecule has 2 unspecified atom stereocenters. The molecule has 10 nitrogen and oxygen atoms in total. The number of rotatable bonds is 15. The number of carbonyl (C=O) groups excluding carboxylic acids is 4. The maximum atomic E-state index is 12.8. The van der Waals surface area contributed by atoms with Crippen molar-refractivity contribution < 1.29 is 42.9 Å². The first kappa shape index (κ1) is 34.9. The predicted molar refractivity (Wildman–Crippen MR) is 150 cm³/mol. The Kier molecular flexibility index (Phi) is 14.1. The first-order valence-electron chi connectivity index (χ1n) is 13.9. The third-order valence-corrected chi connectivity index (χ3v) is 7.04. The molecule has 40 heavy (non-hydrogen) atoms. The van der Waals surface area contributed by atoms with Crippen LogP contribution in [-0.4, -0.2) is 49.4 Å². The molecule has 226 valence electrons. The van der Waals surface area contributed by atoms with Crippen LogP contribution in [0.2, 0.25) is 0 Å². The monoisotopic (exact) mass is 565 g/mol. The molecule has 0 aromatic heterocycles. The molecule has 10 heteroatoms. The third kappa shape index (κ3) is 10.8. The molecule has 0 saturated heterocycles. The Morgan fingerprint density at radius 3 is 1.93 bits per heavy atom. The Labute approximate surface area is 238 Å². The Morgan fingerprint density at radius 2 is 1.43 bits per heavy atom. The number of esters is 3. The Bertz CT molecular complexity index is 1010. The first-order valence-corrected chi connectivity index (χ1v) is 13.9. The van der Waals surface area contributed by atoms with E-state index in [0.717, 1.165) is 6.42 Å². The summed E-state index contributed by atoms with van der Waals surface area (Å²) in [5.74, 6) is -2.27. The van der Waals surface area contributed by atoms with Gasteiger partial charge >= 0.3 is 24.1 Å². The van der Waals surface area contributed by atoms with Crippen molar-refractivity contribution in [2.75, 3.05) is 13.7 Å². The lowest BCUT2D eigenvalue weighted by molar-refractivity contribution is -0.148. The van der Waals surface area contributed by atoms with E-state index < -0.39 is 35.5 Å². The van der Waals surface area contributed by atoms with Gasteiger partial charge in [0.05, 0.1) is 25.6 Å². The molecule has 0 aliphatic heterocycles. The van der Waals surface area contributed by atoms with Gasteiger partial charge in [-0.15, -0.1) is 0 Å². The second kappa shape index (κ2) is 16.2. The first-order chi connectivity index (χ1) is 18.6. The van der Waals surface area contributed by atoms with Gasteiger partial charge < -0.3 is 29.4 Å². The summed E-state index contributed by atoms with van der Waals surface area (Å²) in [6, 6.07) is 4.64. The minimum atomic E-state index is -1.57. The van der Waals surface area contributed by atoms with Crippen LogP contribution in [-0.2, 0) is 35.0 Å². The van der Waals surface area contributed by atoms with Crippen LogP contribution in [0.25, 0.3) is 0 Å². The molecule has 0 heterocycles. The molecule has 0 saturated carbocycles. The van der Waals surface area contributed by atoms with Gasteiger partial charge in [-0.2, -0.15) is 0 Å². The highest BCUT2D eigenvalue weighted by Crippen LogP contribution is 2.32. The van der Waals surface area contributed by atoms with Gasteiger partial charge in [-0.3, -0.25) is 14.4 Å². The minimum absolute atomic E-state index is 0.0234. The topological polar surface area (TPSA) is 140 Å². The normalized spacial score (nSPS) is 15.0. The smallest absolute Gasteiger partial charge is 0.468 e. The molecule has 0 aliphatic rings. The summed E-state index contributed by atoms with van der Waals surface area (Å²) in [6.07, 6.45) is 0.317. The Balaban J connectivity index is 3.21. The van der Waals surface area contributed by atoms with Crippen molar-refractivity contribution in [1.29, 1.82) is 0 Å². The van der Waals surface area contributed by atoms with Crippen molar-refractivity contribution in [3.8, 4) is 11.5 Å². The van der Waals surface area contributed by atoms with Crippen LogP contribution < -0.4 is 15.2 Å². The number of benzene rings is 1. The summed E-state index contributed by atoms with van der Waals surface area (Å²) in [5, 5.41) is 0. The van der Waals surface area contributed by atoms with Crippen LogP contribution in [0.3, 0.4) is 0 Å². The molecule has 0 radical (unpaired) electrons. The number of nitrogens with two attached hydrogens (primary N) is 1. The van der Waals surface area contributed by atoms with Crippen molar-refractivity contribution in [2.45, 2.75) is 92.7 Å². The van der Waals surface area contributed by atoms with E-state index in [9.17, 15) is 19.2 Å². The van der Waals surface area contributed by atoms with Gasteiger partial charge in [0.1, 0.15) is 11.6 Å². The molecule has 0 amide bonds. The van der Waals surface area contributed by atoms with Gasteiger partial charge in [0.15, 0.2) is 11.5 Å². The molecule has 1 rings (SSSR count). The van der Waals surface area contributed by atoms with Crippen LogP contribution in [0.15, 0.2) is 18.2 Å². The highest BCUT2D eigenvalue weighted by Gasteiger charge is 2.36. The fraction of sp³-hybridized carbons (Fsp3) is 0.667. The molecule has 4 atom stereocenters. The molecule has 1 aromatic rings. The summed E-state index contributed by atoms with van der Waals surface area (Å²) in [7, 11) is 1.21. The number of hydrogen-bond acceptors (Lipinski definition) is 10. The average Bonchev–Trinajstić information content (AvgIpc) is 2.88. The number of carbonyl (C=O) groups is 4. The lowest BCUT2D eigenvalue weighted by Crippen LogP contribution is -2.51. The van der Waals surface area contributed by atoms with Gasteiger partial charge in [-0.05, 0) is 42.9 Å². The van der Waals surface area contributed by atoms with Gasteiger partial charge in [-0.25, -0.2) is 4.79 Å². The van der Waals surface area contributed by atoms with E-state index in [2.05, 4.69) is 0 Å². The van der Waals surface area contributed by atoms with E-state index in [1.165, 1.54) is 19.2 Å². The summed E-state index contributed by atoms with van der Waals surface area (Å²) in [6.45, 7) is 14.7. The summed E-state index contributed by atoms with van der Waals surface area (Å²) in [5.41, 5.74) is 5.40.